The van der Waals surface area contributed by atoms with Crippen LogP contribution in [0, 0.1) is 3.57 Å². The molecule has 150 valence electrons. The van der Waals surface area contributed by atoms with E-state index in [1.807, 2.05) is 0 Å². The molecule has 0 nitrogen and oxygen atoms in total. The molecule has 0 bridgehead atoms. The van der Waals surface area contributed by atoms with E-state index in [-0.39, 0.29) is 5.41 Å². The van der Waals surface area contributed by atoms with Crippen LogP contribution in [-0.2, 0) is 5.41 Å². The molecule has 0 amide bonds. The summed E-state index contributed by atoms with van der Waals surface area (Å²) in [5.74, 6) is 0. The zero-order valence-electron chi connectivity index (χ0n) is 17.3. The average Bonchev–Trinajstić information content (AvgIpc) is 3.09. The van der Waals surface area contributed by atoms with E-state index in [0.29, 0.717) is 0 Å². The largest absolute Gasteiger partial charge is 0.0725 e. The van der Waals surface area contributed by atoms with Crippen LogP contribution < -0.4 is 0 Å². The molecule has 0 atom stereocenters. The molecular weight excluding hydrogens is 499 g/mol. The Morgan fingerprint density at radius 1 is 0.375 bits per heavy atom. The summed E-state index contributed by atoms with van der Waals surface area (Å²) in [6, 6.07) is 42.7. The molecule has 1 heteroatoms. The van der Waals surface area contributed by atoms with Gasteiger partial charge in [-0.2, -0.15) is 0 Å². The van der Waals surface area contributed by atoms with E-state index in [1.54, 1.807) is 0 Å². The molecule has 0 heterocycles. The van der Waals surface area contributed by atoms with E-state index in [0.717, 1.165) is 0 Å². The summed E-state index contributed by atoms with van der Waals surface area (Å²) in [4.78, 5) is 0. The normalized spacial score (nSPS) is 14.0. The van der Waals surface area contributed by atoms with Gasteiger partial charge in [0.15, 0.2) is 0 Å². The summed E-state index contributed by atoms with van der Waals surface area (Å²) in [6.07, 6.45) is 0. The first kappa shape index (κ1) is 18.4. The maximum Gasteiger partial charge on any atom is 0.0725 e. The maximum absolute atomic E-state index is 2.53. The van der Waals surface area contributed by atoms with Crippen LogP contribution in [0.15, 0.2) is 115 Å². The molecular formula is C31H19I. The second kappa shape index (κ2) is 6.66. The Hall–Kier alpha value is -3.17. The van der Waals surface area contributed by atoms with Crippen molar-refractivity contribution >= 4 is 22.6 Å². The second-order valence-corrected chi connectivity index (χ2v) is 9.76. The third kappa shape index (κ3) is 2.17. The van der Waals surface area contributed by atoms with Crippen LogP contribution in [0.3, 0.4) is 0 Å². The Balaban J connectivity index is 1.79. The predicted octanol–water partition coefficient (Wildman–Crippen LogP) is 8.30. The zero-order valence-corrected chi connectivity index (χ0v) is 19.5. The first-order valence-corrected chi connectivity index (χ1v) is 12.1. The molecule has 32 heavy (non-hydrogen) atoms. The molecule has 7 rings (SSSR count). The van der Waals surface area contributed by atoms with Crippen LogP contribution in [0.25, 0.3) is 33.4 Å². The summed E-state index contributed by atoms with van der Waals surface area (Å²) in [6.45, 7) is 0. The quantitative estimate of drug-likeness (QED) is 0.177. The van der Waals surface area contributed by atoms with Gasteiger partial charge in [0.05, 0.1) is 5.41 Å². The summed E-state index contributed by atoms with van der Waals surface area (Å²) in [5, 5.41) is 0. The second-order valence-electron chi connectivity index (χ2n) is 8.59. The van der Waals surface area contributed by atoms with Crippen LogP contribution in [0.5, 0.6) is 0 Å². The molecule has 5 aromatic carbocycles. The van der Waals surface area contributed by atoms with E-state index in [2.05, 4.69) is 138 Å². The molecule has 2 aliphatic rings. The highest BCUT2D eigenvalue weighted by atomic mass is 127. The van der Waals surface area contributed by atoms with Crippen LogP contribution >= 0.6 is 22.6 Å². The lowest BCUT2D eigenvalue weighted by Gasteiger charge is -2.35. The number of hydrogen-bond acceptors (Lipinski definition) is 0. The fourth-order valence-corrected chi connectivity index (χ4v) is 6.84. The highest BCUT2D eigenvalue weighted by Gasteiger charge is 2.49. The van der Waals surface area contributed by atoms with Gasteiger partial charge in [0, 0.05) is 9.13 Å². The van der Waals surface area contributed by atoms with Gasteiger partial charge in [0.1, 0.15) is 0 Å². The summed E-state index contributed by atoms with van der Waals surface area (Å²) in [5.41, 5.74) is 13.1. The first-order chi connectivity index (χ1) is 15.8. The van der Waals surface area contributed by atoms with Crippen molar-refractivity contribution in [1.82, 2.24) is 0 Å². The van der Waals surface area contributed by atoms with Crippen molar-refractivity contribution in [1.29, 1.82) is 0 Å². The molecule has 0 aromatic heterocycles. The van der Waals surface area contributed by atoms with Crippen LogP contribution in [0.1, 0.15) is 22.3 Å². The van der Waals surface area contributed by atoms with E-state index in [1.165, 1.54) is 59.2 Å². The number of rotatable bonds is 0. The molecule has 0 unspecified atom stereocenters. The molecule has 0 radical (unpaired) electrons. The van der Waals surface area contributed by atoms with E-state index in [9.17, 15) is 0 Å². The van der Waals surface area contributed by atoms with E-state index < -0.39 is 0 Å². The van der Waals surface area contributed by atoms with Gasteiger partial charge in [0.2, 0.25) is 0 Å². The topological polar surface area (TPSA) is 0 Å². The Morgan fingerprint density at radius 3 is 1.34 bits per heavy atom. The minimum atomic E-state index is -0.348. The van der Waals surface area contributed by atoms with E-state index >= 15 is 0 Å². The molecule has 0 saturated carbocycles. The van der Waals surface area contributed by atoms with Gasteiger partial charge in [0.25, 0.3) is 0 Å². The lowest BCUT2D eigenvalue weighted by molar-refractivity contribution is 0.775. The summed E-state index contributed by atoms with van der Waals surface area (Å²) < 4.78 is 1.29. The molecule has 2 aliphatic carbocycles. The van der Waals surface area contributed by atoms with Gasteiger partial charge in [-0.15, -0.1) is 0 Å². The van der Waals surface area contributed by atoms with Crippen LogP contribution in [0.2, 0.25) is 0 Å². The van der Waals surface area contributed by atoms with Gasteiger partial charge in [-0.05, 0) is 78.7 Å². The van der Waals surface area contributed by atoms with Gasteiger partial charge < -0.3 is 0 Å². The van der Waals surface area contributed by atoms with Crippen molar-refractivity contribution in [2.75, 3.05) is 0 Å². The summed E-state index contributed by atoms with van der Waals surface area (Å²) >= 11 is 2.53. The zero-order chi connectivity index (χ0) is 21.3. The number of hydrogen-bond donors (Lipinski definition) is 0. The maximum atomic E-state index is 2.53. The molecule has 0 aliphatic heterocycles. The lowest BCUT2D eigenvalue weighted by atomic mass is 9.66. The van der Waals surface area contributed by atoms with Gasteiger partial charge >= 0.3 is 0 Å². The van der Waals surface area contributed by atoms with Crippen molar-refractivity contribution in [2.45, 2.75) is 5.41 Å². The van der Waals surface area contributed by atoms with Crippen LogP contribution in [0.4, 0.5) is 0 Å². The highest BCUT2D eigenvalue weighted by molar-refractivity contribution is 14.1. The molecule has 5 aromatic rings. The molecule has 0 saturated heterocycles. The highest BCUT2D eigenvalue weighted by Crippen LogP contribution is 2.61. The fraction of sp³-hybridized carbons (Fsp3) is 0.0323. The first-order valence-electron chi connectivity index (χ1n) is 11.0. The third-order valence-corrected chi connectivity index (χ3v) is 8.09. The fourth-order valence-electron chi connectivity index (χ4n) is 6.05. The lowest BCUT2D eigenvalue weighted by Crippen LogP contribution is -2.29. The van der Waals surface area contributed by atoms with Crippen molar-refractivity contribution in [2.24, 2.45) is 0 Å². The van der Waals surface area contributed by atoms with Crippen molar-refractivity contribution < 1.29 is 0 Å². The number of fused-ring (bicyclic) bond motifs is 12. The van der Waals surface area contributed by atoms with Gasteiger partial charge in [-0.25, -0.2) is 0 Å². The molecule has 1 spiro atoms. The van der Waals surface area contributed by atoms with Gasteiger partial charge in [-0.1, -0.05) is 109 Å². The van der Waals surface area contributed by atoms with Gasteiger partial charge in [-0.3, -0.25) is 0 Å². The average molecular weight is 518 g/mol. The molecule has 0 fully saturated rings. The Bertz CT molecular complexity index is 1500. The minimum absolute atomic E-state index is 0.348. The minimum Gasteiger partial charge on any atom is -0.0619 e. The monoisotopic (exact) mass is 518 g/mol. The Kier molecular flexibility index (Phi) is 3.83. The van der Waals surface area contributed by atoms with Crippen molar-refractivity contribution in [3.8, 4) is 33.4 Å². The molecule has 0 N–H and O–H groups in total. The third-order valence-electron chi connectivity index (χ3n) is 7.19. The SMILES string of the molecule is Ic1cccc2c1-c1ccccc1-c1ccccc1C21c2ccccc2-c2ccccc21. The Morgan fingerprint density at radius 2 is 0.781 bits per heavy atom. The number of halogens is 1. The Labute approximate surface area is 201 Å². The standard InChI is InChI=1S/C31H19I/c32-29-19-9-18-28-30(29)24-14-2-1-10-20(24)21-11-3-6-15-25(21)31(28)26-16-7-4-12-22(26)23-13-5-8-17-27(23)31/h1-19H. The van der Waals surface area contributed by atoms with E-state index in [4.69, 9.17) is 0 Å². The number of benzene rings is 5. The smallest absolute Gasteiger partial charge is 0.0619 e. The van der Waals surface area contributed by atoms with Crippen LogP contribution in [-0.4, -0.2) is 0 Å². The summed E-state index contributed by atoms with van der Waals surface area (Å²) in [7, 11) is 0. The van der Waals surface area contributed by atoms with Crippen molar-refractivity contribution in [3.05, 3.63) is 141 Å². The predicted molar refractivity (Wildman–Crippen MR) is 141 cm³/mol. The van der Waals surface area contributed by atoms with Crippen molar-refractivity contribution in [3.63, 3.8) is 0 Å².